The van der Waals surface area contributed by atoms with Crippen molar-refractivity contribution in [2.45, 2.75) is 19.4 Å². The zero-order chi connectivity index (χ0) is 17.9. The van der Waals surface area contributed by atoms with E-state index in [9.17, 15) is 4.79 Å². The number of hydrogen-bond donors (Lipinski definition) is 2. The molecular weight excluding hydrogens is 344 g/mol. The van der Waals surface area contributed by atoms with Gasteiger partial charge in [-0.25, -0.2) is 4.31 Å². The van der Waals surface area contributed by atoms with Crippen LogP contribution in [0, 0.1) is 0 Å². The summed E-state index contributed by atoms with van der Waals surface area (Å²) in [6.45, 7) is 4.72. The van der Waals surface area contributed by atoms with Crippen LogP contribution in [0.25, 0.3) is 0 Å². The number of hydrogen-bond acceptors (Lipinski definition) is 5. The van der Waals surface area contributed by atoms with E-state index < -0.39 is 0 Å². The number of fused-ring (bicyclic) bond motifs is 1. The van der Waals surface area contributed by atoms with Gasteiger partial charge in [0, 0.05) is 36.3 Å². The average molecular weight is 369 g/mol. The second-order valence-electron chi connectivity index (χ2n) is 6.65. The van der Waals surface area contributed by atoms with Gasteiger partial charge in [-0.1, -0.05) is 37.1 Å². The molecule has 5 nitrogen and oxygen atoms in total. The van der Waals surface area contributed by atoms with Gasteiger partial charge in [-0.3, -0.25) is 4.79 Å². The molecule has 2 aromatic rings. The molecule has 2 aliphatic rings. The van der Waals surface area contributed by atoms with E-state index in [1.54, 1.807) is 0 Å². The van der Waals surface area contributed by atoms with Crippen molar-refractivity contribution in [3.63, 3.8) is 0 Å². The van der Waals surface area contributed by atoms with Crippen LogP contribution in [0.3, 0.4) is 0 Å². The van der Waals surface area contributed by atoms with Crippen molar-refractivity contribution in [1.82, 2.24) is 4.31 Å². The molecule has 26 heavy (non-hydrogen) atoms. The maximum atomic E-state index is 12.3. The summed E-state index contributed by atoms with van der Waals surface area (Å²) in [6.07, 6.45) is 1.10. The molecule has 1 amide bonds. The summed E-state index contributed by atoms with van der Waals surface area (Å²) in [6, 6.07) is 16.7. The number of amides is 1. The third kappa shape index (κ3) is 3.66. The summed E-state index contributed by atoms with van der Waals surface area (Å²) in [5.41, 5.74) is 4.03. The molecule has 0 radical (unpaired) electrons. The number of nitrogens with one attached hydrogen (secondary N) is 2. The normalized spacial score (nSPS) is 20.0. The fraction of sp³-hybridized carbons (Fsp3) is 0.350. The summed E-state index contributed by atoms with van der Waals surface area (Å²) >= 11 is 1.89. The molecule has 0 aliphatic carbocycles. The predicted molar refractivity (Wildman–Crippen MR) is 110 cm³/mol. The number of benzene rings is 2. The largest absolute Gasteiger partial charge is 0.356 e. The number of nitrogens with zero attached hydrogens (tertiary/aromatic N) is 2. The van der Waals surface area contributed by atoms with Gasteiger partial charge < -0.3 is 15.5 Å². The Morgan fingerprint density at radius 1 is 1.19 bits per heavy atom. The summed E-state index contributed by atoms with van der Waals surface area (Å²) in [5, 5.41) is 6.43. The molecule has 136 valence electrons. The average Bonchev–Trinajstić information content (AvgIpc) is 3.10. The molecular formula is C20H24N4OS. The fourth-order valence-electron chi connectivity index (χ4n) is 3.67. The first-order valence-corrected chi connectivity index (χ1v) is 10.1. The molecule has 2 aliphatic heterocycles. The van der Waals surface area contributed by atoms with Crippen LogP contribution in [-0.4, -0.2) is 41.6 Å². The van der Waals surface area contributed by atoms with Crippen LogP contribution in [0.2, 0.25) is 0 Å². The van der Waals surface area contributed by atoms with Crippen LogP contribution in [0.4, 0.5) is 22.7 Å². The first-order chi connectivity index (χ1) is 12.7. The van der Waals surface area contributed by atoms with E-state index in [1.165, 1.54) is 0 Å². The molecule has 2 N–H and O–H groups in total. The Bertz CT molecular complexity index is 783. The Labute approximate surface area is 158 Å². The van der Waals surface area contributed by atoms with Crippen molar-refractivity contribution in [3.05, 3.63) is 48.5 Å². The highest BCUT2D eigenvalue weighted by Gasteiger charge is 2.33. The van der Waals surface area contributed by atoms with Gasteiger partial charge in [-0.2, -0.15) is 0 Å². The summed E-state index contributed by atoms with van der Waals surface area (Å²) in [5.74, 6) is 1.16. The molecule has 0 saturated carbocycles. The van der Waals surface area contributed by atoms with E-state index in [0.29, 0.717) is 12.6 Å². The van der Waals surface area contributed by atoms with Crippen molar-refractivity contribution < 1.29 is 4.79 Å². The van der Waals surface area contributed by atoms with Crippen molar-refractivity contribution >= 4 is 40.6 Å². The molecule has 0 aromatic heterocycles. The predicted octanol–water partition coefficient (Wildman–Crippen LogP) is 3.93. The van der Waals surface area contributed by atoms with E-state index >= 15 is 0 Å². The van der Waals surface area contributed by atoms with Crippen LogP contribution in [0.15, 0.2) is 48.5 Å². The second-order valence-corrected chi connectivity index (χ2v) is 8.00. The Balaban J connectivity index is 1.55. The molecule has 0 spiro atoms. The zero-order valence-corrected chi connectivity index (χ0v) is 15.8. The minimum absolute atomic E-state index is 0.0657. The van der Waals surface area contributed by atoms with Gasteiger partial charge in [-0.15, -0.1) is 0 Å². The molecule has 1 unspecified atom stereocenters. The topological polar surface area (TPSA) is 47.6 Å². The summed E-state index contributed by atoms with van der Waals surface area (Å²) < 4.78 is 2.42. The molecule has 2 heterocycles. The lowest BCUT2D eigenvalue weighted by Crippen LogP contribution is -2.45. The third-order valence-corrected chi connectivity index (χ3v) is 5.79. The van der Waals surface area contributed by atoms with Gasteiger partial charge in [0.1, 0.15) is 0 Å². The zero-order valence-electron chi connectivity index (χ0n) is 14.9. The molecule has 0 bridgehead atoms. The number of para-hydroxylation sites is 1. The first-order valence-electron chi connectivity index (χ1n) is 9.13. The minimum Gasteiger partial charge on any atom is -0.356 e. The van der Waals surface area contributed by atoms with E-state index in [4.69, 9.17) is 0 Å². The molecule has 6 heteroatoms. The standard InChI is InChI=1S/C20H24N4OS/c1-2-26-23-11-10-17(13-23)24-14-20(25)22-18-12-16(8-9-19(18)24)21-15-6-4-3-5-7-15/h3-9,12,17,21H,2,10-11,13-14H2,1H3,(H,22,25). The number of rotatable bonds is 5. The smallest absolute Gasteiger partial charge is 0.243 e. The third-order valence-electron chi connectivity index (χ3n) is 4.84. The highest BCUT2D eigenvalue weighted by atomic mass is 32.2. The lowest BCUT2D eigenvalue weighted by atomic mass is 10.1. The highest BCUT2D eigenvalue weighted by Crippen LogP contribution is 2.36. The monoisotopic (exact) mass is 368 g/mol. The number of carbonyl (C=O) groups is 1. The van der Waals surface area contributed by atoms with Gasteiger partial charge in [0.2, 0.25) is 5.91 Å². The van der Waals surface area contributed by atoms with Gasteiger partial charge in [0.05, 0.1) is 17.9 Å². The maximum Gasteiger partial charge on any atom is 0.243 e. The van der Waals surface area contributed by atoms with Gasteiger partial charge in [0.15, 0.2) is 0 Å². The van der Waals surface area contributed by atoms with E-state index in [-0.39, 0.29) is 5.91 Å². The Hall–Kier alpha value is -2.18. The first kappa shape index (κ1) is 17.2. The highest BCUT2D eigenvalue weighted by molar-refractivity contribution is 7.96. The van der Waals surface area contributed by atoms with Crippen molar-refractivity contribution in [1.29, 1.82) is 0 Å². The SMILES string of the molecule is CCSN1CCC(N2CC(=O)Nc3cc(Nc4ccccc4)ccc32)C1. The van der Waals surface area contributed by atoms with E-state index in [1.807, 2.05) is 48.3 Å². The Morgan fingerprint density at radius 2 is 2.04 bits per heavy atom. The van der Waals surface area contributed by atoms with Gasteiger partial charge in [0.25, 0.3) is 0 Å². The van der Waals surface area contributed by atoms with Crippen LogP contribution < -0.4 is 15.5 Å². The van der Waals surface area contributed by atoms with E-state index in [0.717, 1.165) is 48.0 Å². The molecule has 1 fully saturated rings. The molecule has 2 aromatic carbocycles. The quantitative estimate of drug-likeness (QED) is 0.783. The number of carbonyl (C=O) groups excluding carboxylic acids is 1. The molecule has 4 rings (SSSR count). The molecule has 1 atom stereocenters. The van der Waals surface area contributed by atoms with Crippen LogP contribution in [0.5, 0.6) is 0 Å². The van der Waals surface area contributed by atoms with Crippen LogP contribution >= 0.6 is 11.9 Å². The number of anilines is 4. The lowest BCUT2D eigenvalue weighted by Gasteiger charge is -2.35. The lowest BCUT2D eigenvalue weighted by molar-refractivity contribution is -0.115. The fourth-order valence-corrected chi connectivity index (χ4v) is 4.55. The van der Waals surface area contributed by atoms with Crippen LogP contribution in [0.1, 0.15) is 13.3 Å². The summed E-state index contributed by atoms with van der Waals surface area (Å²) in [7, 11) is 0. The second kappa shape index (κ2) is 7.60. The minimum atomic E-state index is 0.0657. The molecule has 1 saturated heterocycles. The summed E-state index contributed by atoms with van der Waals surface area (Å²) in [4.78, 5) is 14.6. The Morgan fingerprint density at radius 3 is 2.85 bits per heavy atom. The van der Waals surface area contributed by atoms with Gasteiger partial charge >= 0.3 is 0 Å². The Kier molecular flexibility index (Phi) is 5.04. The van der Waals surface area contributed by atoms with Gasteiger partial charge in [-0.05, 0) is 36.8 Å². The van der Waals surface area contributed by atoms with Crippen molar-refractivity contribution in [2.75, 3.05) is 40.9 Å². The van der Waals surface area contributed by atoms with Crippen molar-refractivity contribution in [2.24, 2.45) is 0 Å². The van der Waals surface area contributed by atoms with Crippen molar-refractivity contribution in [3.8, 4) is 0 Å². The maximum absolute atomic E-state index is 12.3. The van der Waals surface area contributed by atoms with Crippen LogP contribution in [-0.2, 0) is 4.79 Å². The van der Waals surface area contributed by atoms with E-state index in [2.05, 4.69) is 38.9 Å².